The molecule has 0 aliphatic heterocycles. The van der Waals surface area contributed by atoms with Gasteiger partial charge in [-0.2, -0.15) is 0 Å². The fourth-order valence-corrected chi connectivity index (χ4v) is 0. The molecule has 0 aromatic carbocycles. The van der Waals surface area contributed by atoms with E-state index in [1.165, 1.54) is 0 Å². The summed E-state index contributed by atoms with van der Waals surface area (Å²) in [6.45, 7) is 0. The van der Waals surface area contributed by atoms with E-state index in [9.17, 15) is 0 Å². The molecule has 30 valence electrons. The number of thiol groups is 1. The molecule has 0 saturated heterocycles. The van der Waals surface area contributed by atoms with Crippen LogP contribution in [0.25, 0.3) is 0 Å². The van der Waals surface area contributed by atoms with Crippen LogP contribution >= 0.6 is 12.6 Å². The fraction of sp³-hybridized carbons (Fsp3) is 0. The summed E-state index contributed by atoms with van der Waals surface area (Å²) in [6, 6.07) is 0. The van der Waals surface area contributed by atoms with Crippen LogP contribution in [0.2, 0.25) is 0 Å². The van der Waals surface area contributed by atoms with Gasteiger partial charge in [-0.3, -0.25) is 0 Å². The van der Waals surface area contributed by atoms with Gasteiger partial charge in [0, 0.05) is 0 Å². The van der Waals surface area contributed by atoms with Crippen molar-refractivity contribution in [3.63, 3.8) is 0 Å². The SMILES string of the molecule is O=C(O)S.[PbH2]. The van der Waals surface area contributed by atoms with E-state index < -0.39 is 5.30 Å². The molecular formula is CH4O2PbS. The second-order valence-corrected chi connectivity index (χ2v) is 0.665. The summed E-state index contributed by atoms with van der Waals surface area (Å²) < 4.78 is 0. The van der Waals surface area contributed by atoms with Crippen LogP contribution in [0.4, 0.5) is 4.79 Å². The fourth-order valence-electron chi connectivity index (χ4n) is 0. The number of carboxylic acid groups (broad SMARTS) is 1. The third-order valence-electron chi connectivity index (χ3n) is 0. The van der Waals surface area contributed by atoms with E-state index in [0.29, 0.717) is 0 Å². The van der Waals surface area contributed by atoms with Gasteiger partial charge < -0.3 is 5.11 Å². The van der Waals surface area contributed by atoms with Crippen molar-refractivity contribution in [3.8, 4) is 0 Å². The van der Waals surface area contributed by atoms with Gasteiger partial charge in [-0.15, -0.1) is 0 Å². The first-order valence-corrected chi connectivity index (χ1v) is 1.10. The maximum absolute atomic E-state index is 8.86. The molecule has 2 radical (unpaired) electrons. The average molecular weight is 287 g/mol. The molecule has 0 rings (SSSR count). The Morgan fingerprint density at radius 2 is 1.80 bits per heavy atom. The molecule has 0 unspecified atom stereocenters. The minimum atomic E-state index is -1.14. The van der Waals surface area contributed by atoms with Crippen LogP contribution in [0.3, 0.4) is 0 Å². The number of carbonyl (C=O) groups is 1. The molecule has 0 aliphatic carbocycles. The third-order valence-corrected chi connectivity index (χ3v) is 0. The van der Waals surface area contributed by atoms with Crippen molar-refractivity contribution in [3.05, 3.63) is 0 Å². The Morgan fingerprint density at radius 1 is 1.80 bits per heavy atom. The van der Waals surface area contributed by atoms with Gasteiger partial charge in [-0.1, -0.05) is 12.6 Å². The average Bonchev–Trinajstić information content (AvgIpc) is 0.811. The molecule has 0 spiro atoms. The summed E-state index contributed by atoms with van der Waals surface area (Å²) >= 11 is 2.88. The van der Waals surface area contributed by atoms with E-state index in [1.54, 1.807) is 0 Å². The van der Waals surface area contributed by atoms with Crippen molar-refractivity contribution < 1.29 is 9.90 Å². The normalized spacial score (nSPS) is 5.00. The van der Waals surface area contributed by atoms with Crippen LogP contribution in [0.1, 0.15) is 0 Å². The molecule has 4 heteroatoms. The molecule has 5 heavy (non-hydrogen) atoms. The summed E-state index contributed by atoms with van der Waals surface area (Å²) in [6.07, 6.45) is 0. The molecule has 0 amide bonds. The van der Waals surface area contributed by atoms with Gasteiger partial charge in [0.2, 0.25) is 0 Å². The van der Waals surface area contributed by atoms with E-state index in [-0.39, 0.29) is 27.3 Å². The van der Waals surface area contributed by atoms with Crippen molar-refractivity contribution in [1.29, 1.82) is 0 Å². The van der Waals surface area contributed by atoms with Gasteiger partial charge in [-0.25, -0.2) is 4.79 Å². The summed E-state index contributed by atoms with van der Waals surface area (Å²) in [5, 5.41) is 6.14. The standard InChI is InChI=1S/CH2O2S.Pb.2H/c2-1(3)4;;;/h4H,(H,2,3);;;. The quantitative estimate of drug-likeness (QED) is 0.473. The Morgan fingerprint density at radius 3 is 1.80 bits per heavy atom. The van der Waals surface area contributed by atoms with Gasteiger partial charge in [0.1, 0.15) is 0 Å². The van der Waals surface area contributed by atoms with Gasteiger partial charge in [0.05, 0.1) is 0 Å². The second kappa shape index (κ2) is 4.74. The Kier molecular flexibility index (Phi) is 8.75. The van der Waals surface area contributed by atoms with Crippen LogP contribution in [-0.2, 0) is 0 Å². The molecule has 0 aromatic rings. The van der Waals surface area contributed by atoms with Gasteiger partial charge in [-0.05, 0) is 0 Å². The van der Waals surface area contributed by atoms with Crippen molar-refractivity contribution in [2.24, 2.45) is 0 Å². The van der Waals surface area contributed by atoms with Crippen LogP contribution in [0.5, 0.6) is 0 Å². The minimum absolute atomic E-state index is 0. The third kappa shape index (κ3) is 64.7. The Bertz CT molecular complexity index is 32.6. The molecule has 0 aromatic heterocycles. The van der Waals surface area contributed by atoms with Crippen LogP contribution in [0.15, 0.2) is 0 Å². The van der Waals surface area contributed by atoms with Crippen molar-refractivity contribution in [2.75, 3.05) is 0 Å². The molecule has 0 saturated carbocycles. The van der Waals surface area contributed by atoms with Crippen molar-refractivity contribution in [1.82, 2.24) is 0 Å². The zero-order valence-electron chi connectivity index (χ0n) is 2.51. The Balaban J connectivity index is 0. The summed E-state index contributed by atoms with van der Waals surface area (Å²) in [5.74, 6) is 0. The molecule has 0 aliphatic rings. The van der Waals surface area contributed by atoms with Crippen molar-refractivity contribution >= 4 is 45.2 Å². The monoisotopic (exact) mass is 288 g/mol. The first-order valence-electron chi connectivity index (χ1n) is 0.651. The number of hydrogen-bond acceptors (Lipinski definition) is 1. The van der Waals surface area contributed by atoms with Gasteiger partial charge in [0.25, 0.3) is 0 Å². The van der Waals surface area contributed by atoms with E-state index in [2.05, 4.69) is 12.6 Å². The van der Waals surface area contributed by atoms with Crippen molar-refractivity contribution in [2.45, 2.75) is 0 Å². The van der Waals surface area contributed by atoms with E-state index >= 15 is 0 Å². The van der Waals surface area contributed by atoms with Gasteiger partial charge in [0.15, 0.2) is 0 Å². The first kappa shape index (κ1) is 9.22. The predicted molar refractivity (Wildman–Crippen MR) is 25.6 cm³/mol. The summed E-state index contributed by atoms with van der Waals surface area (Å²) in [7, 11) is 0. The predicted octanol–water partition coefficient (Wildman–Crippen LogP) is -0.322. The maximum atomic E-state index is 8.86. The van der Waals surface area contributed by atoms with Crippen LogP contribution < -0.4 is 0 Å². The van der Waals surface area contributed by atoms with Gasteiger partial charge >= 0.3 is 32.6 Å². The number of rotatable bonds is 0. The summed E-state index contributed by atoms with van der Waals surface area (Å²) in [4.78, 5) is 8.86. The first-order chi connectivity index (χ1) is 1.73. The molecule has 0 bridgehead atoms. The zero-order valence-corrected chi connectivity index (χ0v) is 8.90. The Labute approximate surface area is 55.1 Å². The van der Waals surface area contributed by atoms with Crippen LogP contribution in [0, 0.1) is 0 Å². The molecule has 0 fully saturated rings. The van der Waals surface area contributed by atoms with E-state index in [4.69, 9.17) is 9.90 Å². The zero-order chi connectivity index (χ0) is 3.58. The number of hydrogen-bond donors (Lipinski definition) is 2. The molecule has 1 N–H and O–H groups in total. The molecule has 0 heterocycles. The van der Waals surface area contributed by atoms with Crippen LogP contribution in [-0.4, -0.2) is 37.7 Å². The Hall–Kier alpha value is 0.742. The topological polar surface area (TPSA) is 37.3 Å². The van der Waals surface area contributed by atoms with E-state index in [1.807, 2.05) is 0 Å². The van der Waals surface area contributed by atoms with E-state index in [0.717, 1.165) is 0 Å². The summed E-state index contributed by atoms with van der Waals surface area (Å²) in [5.41, 5.74) is 0. The molecule has 2 nitrogen and oxygen atoms in total. The second-order valence-electron chi connectivity index (χ2n) is 0.283. The molecular weight excluding hydrogens is 283 g/mol. The molecule has 0 atom stereocenters.